The molecule has 3 bridgehead atoms. The second kappa shape index (κ2) is 10.5. The van der Waals surface area contributed by atoms with Crippen molar-refractivity contribution in [2.24, 2.45) is 11.3 Å². The molecule has 1 aromatic heterocycles. The van der Waals surface area contributed by atoms with Crippen LogP contribution in [0.25, 0.3) is 10.9 Å². The number of aliphatic hydroxyl groups is 1. The molecule has 2 fully saturated rings. The van der Waals surface area contributed by atoms with Crippen LogP contribution < -0.4 is 5.32 Å². The first-order valence-corrected chi connectivity index (χ1v) is 16.7. The minimum absolute atomic E-state index is 0.0690. The molecule has 3 N–H and O–H groups in total. The lowest BCUT2D eigenvalue weighted by Gasteiger charge is -2.59. The monoisotopic (exact) mass is 552 g/mol. The van der Waals surface area contributed by atoms with Gasteiger partial charge in [-0.05, 0) is 113 Å². The van der Waals surface area contributed by atoms with Crippen LogP contribution in [0.2, 0.25) is 0 Å². The fraction of sp³-hybridized carbons (Fsp3) is 0.611. The van der Waals surface area contributed by atoms with Gasteiger partial charge in [-0.15, -0.1) is 0 Å². The third-order valence-electron chi connectivity index (χ3n) is 11.7. The zero-order chi connectivity index (χ0) is 27.4. The van der Waals surface area contributed by atoms with E-state index in [-0.39, 0.29) is 17.5 Å². The van der Waals surface area contributed by atoms with E-state index in [4.69, 9.17) is 0 Å². The average molecular weight is 553 g/mol. The third kappa shape index (κ3) is 4.33. The van der Waals surface area contributed by atoms with E-state index in [1.54, 1.807) is 0 Å². The van der Waals surface area contributed by atoms with Crippen molar-refractivity contribution in [1.82, 2.24) is 20.1 Å². The summed E-state index contributed by atoms with van der Waals surface area (Å²) in [6, 6.07) is 9.61. The number of fused-ring (bicyclic) bond motifs is 5. The van der Waals surface area contributed by atoms with Gasteiger partial charge in [0.05, 0.1) is 17.7 Å². The van der Waals surface area contributed by atoms with Crippen LogP contribution >= 0.6 is 0 Å². The van der Waals surface area contributed by atoms with Crippen LogP contribution in [0.3, 0.4) is 0 Å². The Balaban J connectivity index is 1.30. The van der Waals surface area contributed by atoms with Gasteiger partial charge in [0, 0.05) is 41.1 Å². The van der Waals surface area contributed by atoms with Gasteiger partial charge in [0.15, 0.2) is 0 Å². The standard InChI is InChI=1S/C36H48N4O/c41-36-18-10-4-1-2-5-11-20-39-22-17-30(35(25-39)23-26-13-7-3-6-12-21-40(26)34(35)36)29(24-36)32-33-28(16-19-37-32)27-14-8-9-15-31(27)38-33/h1,4,7-9,13-15,24,26,30,32,34,37-38,41H,2-3,5-6,10-12,16-23,25H2/b4-1-,13-7-/t26-,30-,32?,34+,35-,36-/m0/s1. The lowest BCUT2D eigenvalue weighted by atomic mass is 9.54. The first-order valence-electron chi connectivity index (χ1n) is 16.7. The van der Waals surface area contributed by atoms with E-state index in [0.29, 0.717) is 12.0 Å². The van der Waals surface area contributed by atoms with Crippen LogP contribution in [-0.2, 0) is 6.42 Å². The van der Waals surface area contributed by atoms with Gasteiger partial charge in [-0.25, -0.2) is 0 Å². The van der Waals surface area contributed by atoms with Gasteiger partial charge in [0.1, 0.15) is 0 Å². The maximum Gasteiger partial charge on any atom is 0.0994 e. The van der Waals surface area contributed by atoms with Crippen molar-refractivity contribution < 1.29 is 5.11 Å². The van der Waals surface area contributed by atoms with E-state index >= 15 is 0 Å². The molecule has 7 atom stereocenters. The van der Waals surface area contributed by atoms with Crippen LogP contribution in [0.1, 0.15) is 81.5 Å². The van der Waals surface area contributed by atoms with Crippen LogP contribution in [0, 0.1) is 11.3 Å². The zero-order valence-corrected chi connectivity index (χ0v) is 24.7. The number of allylic oxidation sites excluding steroid dienone is 3. The number of hydrogen-bond donors (Lipinski definition) is 3. The van der Waals surface area contributed by atoms with E-state index < -0.39 is 5.60 Å². The number of aromatic amines is 1. The summed E-state index contributed by atoms with van der Waals surface area (Å²) in [5, 5.41) is 18.5. The Morgan fingerprint density at radius 1 is 0.927 bits per heavy atom. The van der Waals surface area contributed by atoms with Crippen molar-refractivity contribution in [3.63, 3.8) is 0 Å². The number of benzene rings is 1. The summed E-state index contributed by atoms with van der Waals surface area (Å²) in [7, 11) is 0. The normalized spacial score (nSPS) is 41.0. The van der Waals surface area contributed by atoms with Crippen LogP contribution in [0.4, 0.5) is 0 Å². The van der Waals surface area contributed by atoms with Crippen LogP contribution in [0.15, 0.2) is 60.2 Å². The summed E-state index contributed by atoms with van der Waals surface area (Å²) in [6.07, 6.45) is 24.8. The first kappa shape index (κ1) is 26.4. The molecule has 2 saturated heterocycles. The summed E-state index contributed by atoms with van der Waals surface area (Å²) < 4.78 is 0. The van der Waals surface area contributed by atoms with Gasteiger partial charge in [-0.2, -0.15) is 0 Å². The number of aromatic nitrogens is 1. The van der Waals surface area contributed by atoms with Crippen molar-refractivity contribution in [2.45, 2.75) is 94.4 Å². The third-order valence-corrected chi connectivity index (χ3v) is 11.7. The summed E-state index contributed by atoms with van der Waals surface area (Å²) in [4.78, 5) is 9.45. The van der Waals surface area contributed by atoms with Crippen molar-refractivity contribution in [1.29, 1.82) is 0 Å². The summed E-state index contributed by atoms with van der Waals surface area (Å²) >= 11 is 0. The van der Waals surface area contributed by atoms with Gasteiger partial charge in [-0.3, -0.25) is 4.90 Å². The largest absolute Gasteiger partial charge is 0.384 e. The Bertz CT molecular complexity index is 1370. The number of piperidine rings is 1. The molecule has 218 valence electrons. The van der Waals surface area contributed by atoms with Gasteiger partial charge in [-0.1, -0.05) is 48.6 Å². The van der Waals surface area contributed by atoms with Gasteiger partial charge >= 0.3 is 0 Å². The van der Waals surface area contributed by atoms with E-state index in [1.807, 2.05) is 0 Å². The average Bonchev–Trinajstić information content (AvgIpc) is 3.49. The second-order valence-electron chi connectivity index (χ2n) is 14.0. The van der Waals surface area contributed by atoms with Gasteiger partial charge in [0.2, 0.25) is 0 Å². The quantitative estimate of drug-likeness (QED) is 0.378. The Labute approximate surface area is 245 Å². The topological polar surface area (TPSA) is 54.5 Å². The van der Waals surface area contributed by atoms with Gasteiger partial charge < -0.3 is 20.3 Å². The Morgan fingerprint density at radius 3 is 2.73 bits per heavy atom. The van der Waals surface area contributed by atoms with E-state index in [1.165, 1.54) is 92.2 Å². The smallest absolute Gasteiger partial charge is 0.0994 e. The predicted molar refractivity (Wildman–Crippen MR) is 167 cm³/mol. The number of nitrogens with zero attached hydrogens (tertiary/aromatic N) is 2. The van der Waals surface area contributed by atoms with E-state index in [9.17, 15) is 5.11 Å². The van der Waals surface area contributed by atoms with Crippen molar-refractivity contribution >= 4 is 10.9 Å². The maximum atomic E-state index is 13.1. The number of H-pyrrole nitrogens is 1. The molecule has 1 aromatic carbocycles. The lowest BCUT2D eigenvalue weighted by molar-refractivity contribution is -0.0984. The highest BCUT2D eigenvalue weighted by Crippen LogP contribution is 2.61. The molecule has 0 radical (unpaired) electrons. The van der Waals surface area contributed by atoms with Crippen LogP contribution in [-0.4, -0.2) is 70.3 Å². The minimum Gasteiger partial charge on any atom is -0.384 e. The molecular weight excluding hydrogens is 504 g/mol. The number of rotatable bonds is 1. The molecule has 2 unspecified atom stereocenters. The highest BCUT2D eigenvalue weighted by Gasteiger charge is 2.66. The molecule has 0 saturated carbocycles. The Kier molecular flexibility index (Phi) is 6.78. The minimum atomic E-state index is -0.833. The SMILES string of the molecule is O[C@]12C=C(C3NCCc4c3[nH]c3ccccc43)[C@@H]3CCN(CCCC/C=C\CC1)C[C@@]31C[C@@H]3/C=C\CCCCN3[C@H]12. The maximum absolute atomic E-state index is 13.1. The molecule has 6 aliphatic rings. The Hall–Kier alpha value is -2.18. The summed E-state index contributed by atoms with van der Waals surface area (Å²) in [5.74, 6) is 0.487. The second-order valence-corrected chi connectivity index (χ2v) is 14.0. The zero-order valence-electron chi connectivity index (χ0n) is 24.7. The highest BCUT2D eigenvalue weighted by molar-refractivity contribution is 5.85. The van der Waals surface area contributed by atoms with E-state index in [0.717, 1.165) is 38.9 Å². The summed E-state index contributed by atoms with van der Waals surface area (Å²) in [6.45, 7) is 5.61. The molecule has 41 heavy (non-hydrogen) atoms. The molecule has 2 aromatic rings. The van der Waals surface area contributed by atoms with Crippen LogP contribution in [0.5, 0.6) is 0 Å². The molecule has 8 rings (SSSR count). The number of hydrogen-bond acceptors (Lipinski definition) is 4. The van der Waals surface area contributed by atoms with Crippen molar-refractivity contribution in [3.05, 3.63) is 71.5 Å². The lowest BCUT2D eigenvalue weighted by Crippen LogP contribution is -2.66. The summed E-state index contributed by atoms with van der Waals surface area (Å²) in [5.41, 5.74) is 4.80. The van der Waals surface area contributed by atoms with Crippen molar-refractivity contribution in [2.75, 3.05) is 32.7 Å². The number of nitrogens with one attached hydrogen (secondary N) is 2. The predicted octanol–water partition coefficient (Wildman–Crippen LogP) is 6.04. The van der Waals surface area contributed by atoms with Crippen molar-refractivity contribution in [3.8, 4) is 0 Å². The fourth-order valence-corrected chi connectivity index (χ4v) is 10.2. The fourth-order valence-electron chi connectivity index (χ4n) is 10.2. The molecule has 1 aliphatic carbocycles. The Morgan fingerprint density at radius 2 is 1.78 bits per heavy atom. The van der Waals surface area contributed by atoms with E-state index in [2.05, 4.69) is 74.7 Å². The molecule has 5 nitrogen and oxygen atoms in total. The highest BCUT2D eigenvalue weighted by atomic mass is 16.3. The molecule has 6 heterocycles. The molecule has 1 spiro atoms. The molecular formula is C36H48N4O. The first-order chi connectivity index (χ1) is 20.2. The molecule has 5 aliphatic heterocycles. The molecule has 0 amide bonds. The molecule has 5 heteroatoms. The number of para-hydroxylation sites is 1. The van der Waals surface area contributed by atoms with Gasteiger partial charge in [0.25, 0.3) is 0 Å².